The molecular formula is C15H21F2NO. The van der Waals surface area contributed by atoms with Crippen LogP contribution in [0.2, 0.25) is 0 Å². The van der Waals surface area contributed by atoms with E-state index in [9.17, 15) is 13.9 Å². The third kappa shape index (κ3) is 3.31. The smallest absolute Gasteiger partial charge is 0.163 e. The van der Waals surface area contributed by atoms with Crippen molar-refractivity contribution in [2.24, 2.45) is 5.92 Å². The minimum Gasteiger partial charge on any atom is -0.396 e. The Morgan fingerprint density at radius 3 is 2.79 bits per heavy atom. The van der Waals surface area contributed by atoms with Gasteiger partial charge < -0.3 is 10.4 Å². The molecule has 0 aromatic heterocycles. The molecule has 1 aromatic rings. The Balaban J connectivity index is 2.07. The second-order valence-corrected chi connectivity index (χ2v) is 5.37. The van der Waals surface area contributed by atoms with Crippen LogP contribution >= 0.6 is 0 Å². The van der Waals surface area contributed by atoms with Crippen LogP contribution in [0.15, 0.2) is 18.2 Å². The van der Waals surface area contributed by atoms with E-state index in [1.54, 1.807) is 6.07 Å². The van der Waals surface area contributed by atoms with Gasteiger partial charge in [0.05, 0.1) is 0 Å². The number of benzene rings is 1. The molecule has 1 fully saturated rings. The van der Waals surface area contributed by atoms with Crippen molar-refractivity contribution in [2.75, 3.05) is 6.61 Å². The highest BCUT2D eigenvalue weighted by atomic mass is 19.2. The SMILES string of the molecule is CC(NC1CCCCC1CO)c1cccc(F)c1F. The maximum absolute atomic E-state index is 13.7. The zero-order chi connectivity index (χ0) is 13.8. The molecular weight excluding hydrogens is 248 g/mol. The molecule has 106 valence electrons. The lowest BCUT2D eigenvalue weighted by Crippen LogP contribution is -2.41. The van der Waals surface area contributed by atoms with Gasteiger partial charge in [-0.2, -0.15) is 0 Å². The van der Waals surface area contributed by atoms with E-state index < -0.39 is 11.6 Å². The molecule has 4 heteroatoms. The van der Waals surface area contributed by atoms with Crippen molar-refractivity contribution < 1.29 is 13.9 Å². The molecule has 1 aromatic carbocycles. The van der Waals surface area contributed by atoms with Crippen molar-refractivity contribution in [1.29, 1.82) is 0 Å². The molecule has 19 heavy (non-hydrogen) atoms. The quantitative estimate of drug-likeness (QED) is 0.880. The van der Waals surface area contributed by atoms with Gasteiger partial charge in [0.1, 0.15) is 0 Å². The topological polar surface area (TPSA) is 32.3 Å². The fourth-order valence-electron chi connectivity index (χ4n) is 2.91. The Hall–Kier alpha value is -1.00. The highest BCUT2D eigenvalue weighted by Crippen LogP contribution is 2.27. The van der Waals surface area contributed by atoms with E-state index in [0.29, 0.717) is 5.56 Å². The summed E-state index contributed by atoms with van der Waals surface area (Å²) in [5.41, 5.74) is 0.349. The van der Waals surface area contributed by atoms with Gasteiger partial charge in [-0.25, -0.2) is 8.78 Å². The highest BCUT2D eigenvalue weighted by Gasteiger charge is 2.26. The Bertz CT molecular complexity index is 425. The Kier molecular flexibility index (Phi) is 4.88. The first-order valence-corrected chi connectivity index (χ1v) is 6.94. The maximum atomic E-state index is 13.7. The molecule has 2 rings (SSSR count). The van der Waals surface area contributed by atoms with Crippen LogP contribution in [0, 0.1) is 17.6 Å². The van der Waals surface area contributed by atoms with Crippen LogP contribution in [0.4, 0.5) is 8.78 Å². The number of halogens is 2. The molecule has 0 aliphatic heterocycles. The van der Waals surface area contributed by atoms with Crippen molar-refractivity contribution in [3.05, 3.63) is 35.4 Å². The largest absolute Gasteiger partial charge is 0.396 e. The zero-order valence-corrected chi connectivity index (χ0v) is 11.2. The summed E-state index contributed by atoms with van der Waals surface area (Å²) in [4.78, 5) is 0. The second-order valence-electron chi connectivity index (χ2n) is 5.37. The first-order valence-electron chi connectivity index (χ1n) is 6.94. The van der Waals surface area contributed by atoms with E-state index in [-0.39, 0.29) is 24.6 Å². The fourth-order valence-corrected chi connectivity index (χ4v) is 2.91. The number of hydrogen-bond acceptors (Lipinski definition) is 2. The van der Waals surface area contributed by atoms with Crippen LogP contribution < -0.4 is 5.32 Å². The van der Waals surface area contributed by atoms with Crippen LogP contribution in [-0.2, 0) is 0 Å². The zero-order valence-electron chi connectivity index (χ0n) is 11.2. The molecule has 1 saturated carbocycles. The summed E-state index contributed by atoms with van der Waals surface area (Å²) < 4.78 is 26.9. The molecule has 2 nitrogen and oxygen atoms in total. The van der Waals surface area contributed by atoms with Crippen LogP contribution in [0.1, 0.15) is 44.2 Å². The number of hydrogen-bond donors (Lipinski definition) is 2. The van der Waals surface area contributed by atoms with Gasteiger partial charge in [-0.1, -0.05) is 25.0 Å². The molecule has 0 bridgehead atoms. The first kappa shape index (κ1) is 14.4. The fraction of sp³-hybridized carbons (Fsp3) is 0.600. The van der Waals surface area contributed by atoms with E-state index in [2.05, 4.69) is 5.32 Å². The molecule has 3 unspecified atom stereocenters. The van der Waals surface area contributed by atoms with Crippen LogP contribution in [-0.4, -0.2) is 17.8 Å². The highest BCUT2D eigenvalue weighted by molar-refractivity contribution is 5.22. The van der Waals surface area contributed by atoms with Gasteiger partial charge in [-0.15, -0.1) is 0 Å². The predicted octanol–water partition coefficient (Wildman–Crippen LogP) is 3.17. The first-order chi connectivity index (χ1) is 9.13. The van der Waals surface area contributed by atoms with Gasteiger partial charge in [0.2, 0.25) is 0 Å². The van der Waals surface area contributed by atoms with Crippen molar-refractivity contribution in [2.45, 2.75) is 44.7 Å². The van der Waals surface area contributed by atoms with Gasteiger partial charge in [-0.3, -0.25) is 0 Å². The molecule has 0 heterocycles. The monoisotopic (exact) mass is 269 g/mol. The second kappa shape index (κ2) is 6.44. The average molecular weight is 269 g/mol. The van der Waals surface area contributed by atoms with Crippen molar-refractivity contribution >= 4 is 0 Å². The van der Waals surface area contributed by atoms with Crippen LogP contribution in [0.5, 0.6) is 0 Å². The number of aliphatic hydroxyl groups is 1. The number of aliphatic hydroxyl groups excluding tert-OH is 1. The summed E-state index contributed by atoms with van der Waals surface area (Å²) in [6, 6.07) is 4.18. The lowest BCUT2D eigenvalue weighted by atomic mass is 9.84. The van der Waals surface area contributed by atoms with E-state index in [1.165, 1.54) is 6.07 Å². The normalized spacial score (nSPS) is 25.3. The van der Waals surface area contributed by atoms with E-state index in [0.717, 1.165) is 31.7 Å². The lowest BCUT2D eigenvalue weighted by molar-refractivity contribution is 0.147. The number of rotatable bonds is 4. The van der Waals surface area contributed by atoms with Crippen molar-refractivity contribution in [3.63, 3.8) is 0 Å². The molecule has 3 atom stereocenters. The van der Waals surface area contributed by atoms with E-state index in [4.69, 9.17) is 0 Å². The van der Waals surface area contributed by atoms with Crippen molar-refractivity contribution in [3.8, 4) is 0 Å². The molecule has 0 radical (unpaired) electrons. The average Bonchev–Trinajstić information content (AvgIpc) is 2.42. The molecule has 0 saturated heterocycles. The maximum Gasteiger partial charge on any atom is 0.163 e. The molecule has 2 N–H and O–H groups in total. The van der Waals surface area contributed by atoms with Crippen LogP contribution in [0.3, 0.4) is 0 Å². The Morgan fingerprint density at radius 2 is 2.05 bits per heavy atom. The summed E-state index contributed by atoms with van der Waals surface area (Å²) in [7, 11) is 0. The third-order valence-corrected chi connectivity index (χ3v) is 4.06. The van der Waals surface area contributed by atoms with Crippen molar-refractivity contribution in [1.82, 2.24) is 5.32 Å². The summed E-state index contributed by atoms with van der Waals surface area (Å²) in [6.07, 6.45) is 4.22. The standard InChI is InChI=1S/C15H21F2NO/c1-10(12-6-4-7-13(16)15(12)17)18-14-8-3-2-5-11(14)9-19/h4,6-7,10-11,14,18-19H,2-3,5,8-9H2,1H3. The third-order valence-electron chi connectivity index (χ3n) is 4.06. The predicted molar refractivity (Wildman–Crippen MR) is 70.7 cm³/mol. The van der Waals surface area contributed by atoms with E-state index in [1.807, 2.05) is 6.92 Å². The molecule has 1 aliphatic rings. The Morgan fingerprint density at radius 1 is 1.32 bits per heavy atom. The molecule has 0 spiro atoms. The van der Waals surface area contributed by atoms with Gasteiger partial charge in [0, 0.05) is 24.3 Å². The van der Waals surface area contributed by atoms with Gasteiger partial charge in [0.15, 0.2) is 11.6 Å². The Labute approximate surface area is 112 Å². The molecule has 1 aliphatic carbocycles. The molecule has 0 amide bonds. The van der Waals surface area contributed by atoms with Gasteiger partial charge in [-0.05, 0) is 31.7 Å². The van der Waals surface area contributed by atoms with Gasteiger partial charge in [0.25, 0.3) is 0 Å². The summed E-state index contributed by atoms with van der Waals surface area (Å²) >= 11 is 0. The van der Waals surface area contributed by atoms with Crippen LogP contribution in [0.25, 0.3) is 0 Å². The summed E-state index contributed by atoms with van der Waals surface area (Å²) in [6.45, 7) is 1.98. The lowest BCUT2D eigenvalue weighted by Gasteiger charge is -2.33. The van der Waals surface area contributed by atoms with E-state index >= 15 is 0 Å². The summed E-state index contributed by atoms with van der Waals surface area (Å²) in [5, 5.41) is 12.7. The minimum atomic E-state index is -0.812. The number of nitrogens with one attached hydrogen (secondary N) is 1. The minimum absolute atomic E-state index is 0.149. The summed E-state index contributed by atoms with van der Waals surface area (Å²) in [5.74, 6) is -1.37. The van der Waals surface area contributed by atoms with Gasteiger partial charge >= 0.3 is 0 Å².